The fourth-order valence-corrected chi connectivity index (χ4v) is 3.46. The predicted molar refractivity (Wildman–Crippen MR) is 106 cm³/mol. The molecule has 25 heavy (non-hydrogen) atoms. The van der Waals surface area contributed by atoms with Crippen molar-refractivity contribution >= 4 is 17.5 Å². The Morgan fingerprint density at radius 2 is 1.84 bits per heavy atom. The number of hydrogen-bond acceptors (Lipinski definition) is 4. The zero-order chi connectivity index (χ0) is 18.0. The first kappa shape index (κ1) is 17.7. The molecule has 134 valence electrons. The summed E-state index contributed by atoms with van der Waals surface area (Å²) in [7, 11) is 0. The molecule has 1 aliphatic rings. The van der Waals surface area contributed by atoms with Crippen LogP contribution in [0.3, 0.4) is 0 Å². The van der Waals surface area contributed by atoms with Gasteiger partial charge in [-0.2, -0.15) is 4.98 Å². The van der Waals surface area contributed by atoms with Gasteiger partial charge >= 0.3 is 0 Å². The van der Waals surface area contributed by atoms with E-state index in [1.807, 2.05) is 6.92 Å². The first-order valence-corrected chi connectivity index (χ1v) is 9.41. The van der Waals surface area contributed by atoms with E-state index in [1.165, 1.54) is 24.0 Å². The molecular weight excluding hydrogens is 308 g/mol. The highest BCUT2D eigenvalue weighted by atomic mass is 15.2. The maximum Gasteiger partial charge on any atom is 0.229 e. The van der Waals surface area contributed by atoms with Crippen molar-refractivity contribution in [1.82, 2.24) is 9.97 Å². The molecule has 2 heterocycles. The third-order valence-electron chi connectivity index (χ3n) is 5.11. The number of para-hydroxylation sites is 1. The van der Waals surface area contributed by atoms with Crippen LogP contribution in [0.1, 0.15) is 56.4 Å². The molecule has 0 radical (unpaired) electrons. The number of nitrogens with one attached hydrogen (secondary N) is 1. The number of rotatable bonds is 4. The van der Waals surface area contributed by atoms with Gasteiger partial charge in [-0.3, -0.25) is 0 Å². The Hall–Kier alpha value is -2.10. The molecule has 1 aliphatic heterocycles. The molecule has 0 unspecified atom stereocenters. The number of benzene rings is 1. The van der Waals surface area contributed by atoms with Crippen LogP contribution in [0.4, 0.5) is 17.5 Å². The van der Waals surface area contributed by atoms with Gasteiger partial charge in [0.25, 0.3) is 0 Å². The predicted octanol–water partition coefficient (Wildman–Crippen LogP) is 5.20. The summed E-state index contributed by atoms with van der Waals surface area (Å²) in [6.07, 6.45) is 2.47. The molecule has 0 atom stereocenters. The van der Waals surface area contributed by atoms with Gasteiger partial charge in [-0.05, 0) is 49.7 Å². The van der Waals surface area contributed by atoms with Crippen LogP contribution in [0, 0.1) is 19.8 Å². The van der Waals surface area contributed by atoms with Gasteiger partial charge < -0.3 is 10.2 Å². The molecule has 0 amide bonds. The van der Waals surface area contributed by atoms with E-state index in [9.17, 15) is 0 Å². The highest BCUT2D eigenvalue weighted by Crippen LogP contribution is 2.30. The molecule has 4 nitrogen and oxygen atoms in total. The van der Waals surface area contributed by atoms with Crippen molar-refractivity contribution < 1.29 is 0 Å². The molecule has 1 fully saturated rings. The molecule has 0 aliphatic carbocycles. The zero-order valence-corrected chi connectivity index (χ0v) is 16.1. The lowest BCUT2D eigenvalue weighted by Gasteiger charge is -2.31. The van der Waals surface area contributed by atoms with E-state index in [4.69, 9.17) is 4.98 Å². The summed E-state index contributed by atoms with van der Waals surface area (Å²) in [6, 6.07) is 8.54. The summed E-state index contributed by atoms with van der Waals surface area (Å²) in [5.41, 5.74) is 4.68. The van der Waals surface area contributed by atoms with Crippen LogP contribution in [-0.4, -0.2) is 23.1 Å². The van der Waals surface area contributed by atoms with Gasteiger partial charge in [-0.1, -0.05) is 39.0 Å². The number of anilines is 3. The fraction of sp³-hybridized carbons (Fsp3) is 0.524. The Kier molecular flexibility index (Phi) is 5.26. The Morgan fingerprint density at radius 3 is 2.52 bits per heavy atom. The van der Waals surface area contributed by atoms with Crippen molar-refractivity contribution in [1.29, 1.82) is 0 Å². The van der Waals surface area contributed by atoms with Gasteiger partial charge in [-0.15, -0.1) is 0 Å². The van der Waals surface area contributed by atoms with E-state index in [1.54, 1.807) is 0 Å². The average Bonchev–Trinajstić information content (AvgIpc) is 2.56. The largest absolute Gasteiger partial charge is 0.356 e. The van der Waals surface area contributed by atoms with Crippen LogP contribution in [0.5, 0.6) is 0 Å². The Morgan fingerprint density at radius 1 is 1.12 bits per heavy atom. The summed E-state index contributed by atoms with van der Waals surface area (Å²) >= 11 is 0. The second-order valence-corrected chi connectivity index (χ2v) is 7.68. The summed E-state index contributed by atoms with van der Waals surface area (Å²) in [4.78, 5) is 11.8. The van der Waals surface area contributed by atoms with Crippen LogP contribution < -0.4 is 10.2 Å². The highest BCUT2D eigenvalue weighted by Gasteiger charge is 2.18. The Balaban J connectivity index is 1.89. The van der Waals surface area contributed by atoms with E-state index < -0.39 is 0 Å². The number of aromatic nitrogens is 2. The van der Waals surface area contributed by atoms with E-state index in [2.05, 4.69) is 67.2 Å². The Labute approximate surface area is 151 Å². The summed E-state index contributed by atoms with van der Waals surface area (Å²) < 4.78 is 0. The number of nitrogens with zero attached hydrogens (tertiary/aromatic N) is 3. The third-order valence-corrected chi connectivity index (χ3v) is 5.11. The number of hydrogen-bond donors (Lipinski definition) is 1. The van der Waals surface area contributed by atoms with E-state index in [-0.39, 0.29) is 0 Å². The van der Waals surface area contributed by atoms with Crippen LogP contribution in [-0.2, 0) is 0 Å². The van der Waals surface area contributed by atoms with E-state index >= 15 is 0 Å². The minimum atomic E-state index is 0.454. The molecule has 1 N–H and O–H groups in total. The smallest absolute Gasteiger partial charge is 0.229 e. The second-order valence-electron chi connectivity index (χ2n) is 7.68. The summed E-state index contributed by atoms with van der Waals surface area (Å²) in [5, 5.41) is 3.50. The zero-order valence-electron chi connectivity index (χ0n) is 16.1. The highest BCUT2D eigenvalue weighted by molar-refractivity contribution is 5.65. The van der Waals surface area contributed by atoms with Crippen molar-refractivity contribution in [2.24, 2.45) is 5.92 Å². The first-order valence-electron chi connectivity index (χ1n) is 9.41. The minimum absolute atomic E-state index is 0.454. The normalized spacial score (nSPS) is 15.7. The van der Waals surface area contributed by atoms with Crippen molar-refractivity contribution in [3.8, 4) is 0 Å². The van der Waals surface area contributed by atoms with Crippen LogP contribution >= 0.6 is 0 Å². The van der Waals surface area contributed by atoms with Crippen molar-refractivity contribution in [2.45, 2.75) is 53.4 Å². The van der Waals surface area contributed by atoms with Crippen molar-refractivity contribution in [2.75, 3.05) is 23.3 Å². The molecule has 4 heteroatoms. The van der Waals surface area contributed by atoms with Crippen molar-refractivity contribution in [3.05, 3.63) is 41.1 Å². The molecular formula is C21H30N4. The van der Waals surface area contributed by atoms with Gasteiger partial charge in [-0.25, -0.2) is 4.98 Å². The number of aryl methyl sites for hydroxylation is 2. The van der Waals surface area contributed by atoms with Crippen LogP contribution in [0.25, 0.3) is 0 Å². The first-order chi connectivity index (χ1) is 11.9. The van der Waals surface area contributed by atoms with Gasteiger partial charge in [0.15, 0.2) is 0 Å². The SMILES string of the molecule is Cc1cc(N2CCC(C)CC2)nc(Nc2c(C)cccc2C(C)C)n1. The lowest BCUT2D eigenvalue weighted by atomic mass is 9.98. The quantitative estimate of drug-likeness (QED) is 0.832. The Bertz CT molecular complexity index is 731. The molecule has 1 aromatic carbocycles. The maximum atomic E-state index is 4.82. The van der Waals surface area contributed by atoms with Crippen molar-refractivity contribution in [3.63, 3.8) is 0 Å². The average molecular weight is 338 g/mol. The van der Waals surface area contributed by atoms with Crippen LogP contribution in [0.15, 0.2) is 24.3 Å². The van der Waals surface area contributed by atoms with E-state index in [0.29, 0.717) is 11.9 Å². The van der Waals surface area contributed by atoms with E-state index in [0.717, 1.165) is 36.2 Å². The molecule has 0 saturated carbocycles. The van der Waals surface area contributed by atoms with Gasteiger partial charge in [0.1, 0.15) is 5.82 Å². The van der Waals surface area contributed by atoms with Crippen LogP contribution in [0.2, 0.25) is 0 Å². The maximum absolute atomic E-state index is 4.82. The minimum Gasteiger partial charge on any atom is -0.356 e. The second kappa shape index (κ2) is 7.42. The third kappa shape index (κ3) is 4.12. The number of piperidine rings is 1. The lowest BCUT2D eigenvalue weighted by Crippen LogP contribution is -2.33. The standard InChI is InChI=1S/C21H30N4/c1-14(2)18-8-6-7-16(4)20(18)24-21-22-17(5)13-19(23-21)25-11-9-15(3)10-12-25/h6-8,13-15H,9-12H2,1-5H3,(H,22,23,24). The van der Waals surface area contributed by atoms with Gasteiger partial charge in [0, 0.05) is 30.5 Å². The van der Waals surface area contributed by atoms with Gasteiger partial charge in [0.05, 0.1) is 0 Å². The summed E-state index contributed by atoms with van der Waals surface area (Å²) in [5.74, 6) is 3.01. The molecule has 0 spiro atoms. The molecule has 0 bridgehead atoms. The lowest BCUT2D eigenvalue weighted by molar-refractivity contribution is 0.436. The molecule has 1 saturated heterocycles. The van der Waals surface area contributed by atoms with Gasteiger partial charge in [0.2, 0.25) is 5.95 Å². The summed E-state index contributed by atoms with van der Waals surface area (Å²) in [6.45, 7) is 13.1. The topological polar surface area (TPSA) is 41.1 Å². The fourth-order valence-electron chi connectivity index (χ4n) is 3.46. The monoisotopic (exact) mass is 338 g/mol. The molecule has 1 aromatic heterocycles. The molecule has 3 rings (SSSR count). The molecule has 2 aromatic rings.